The Bertz CT molecular complexity index is 241. The molecule has 0 spiro atoms. The highest BCUT2D eigenvalue weighted by atomic mass is 28.2. The predicted molar refractivity (Wildman–Crippen MR) is 60.6 cm³/mol. The lowest BCUT2D eigenvalue weighted by molar-refractivity contribution is 0.698. The van der Waals surface area contributed by atoms with E-state index in [2.05, 4.69) is 43.8 Å². The molecule has 2 radical (unpaired) electrons. The van der Waals surface area contributed by atoms with Gasteiger partial charge in [-0.3, -0.25) is 0 Å². The van der Waals surface area contributed by atoms with Crippen molar-refractivity contribution in [3.63, 3.8) is 0 Å². The van der Waals surface area contributed by atoms with Crippen LogP contribution in [0.2, 0.25) is 6.04 Å². The number of benzene rings is 1. The van der Waals surface area contributed by atoms with Gasteiger partial charge in [0.25, 0.3) is 0 Å². The molecule has 0 aliphatic heterocycles. The molecule has 0 heterocycles. The summed E-state index contributed by atoms with van der Waals surface area (Å²) in [6.45, 7) is 6.01. The topological polar surface area (TPSA) is 0 Å². The minimum atomic E-state index is 0.663. The Balaban J connectivity index is 2.24. The van der Waals surface area contributed by atoms with E-state index in [0.29, 0.717) is 5.92 Å². The second kappa shape index (κ2) is 5.76. The maximum atomic E-state index is 3.79. The Kier molecular flexibility index (Phi) is 4.55. The summed E-state index contributed by atoms with van der Waals surface area (Å²) < 4.78 is 0. The van der Waals surface area contributed by atoms with E-state index in [1.807, 2.05) is 6.08 Å². The molecule has 1 rings (SSSR count). The van der Waals surface area contributed by atoms with E-state index in [1.165, 1.54) is 17.7 Å². The second-order valence-electron chi connectivity index (χ2n) is 3.29. The van der Waals surface area contributed by atoms with Crippen LogP contribution in [0.3, 0.4) is 0 Å². The van der Waals surface area contributed by atoms with Crippen LogP contribution in [0.1, 0.15) is 13.3 Å². The van der Waals surface area contributed by atoms with Crippen LogP contribution in [0, 0.1) is 5.92 Å². The van der Waals surface area contributed by atoms with Crippen LogP contribution in [0.4, 0.5) is 0 Å². The summed E-state index contributed by atoms with van der Waals surface area (Å²) in [5.74, 6) is 0.663. The molecule has 0 aromatic heterocycles. The van der Waals surface area contributed by atoms with Crippen LogP contribution in [0.15, 0.2) is 43.0 Å². The first-order chi connectivity index (χ1) is 6.33. The molecular weight excluding hydrogens is 172 g/mol. The molecule has 0 saturated carbocycles. The van der Waals surface area contributed by atoms with Gasteiger partial charge in [-0.2, -0.15) is 0 Å². The molecular formula is C12H16Si. The van der Waals surface area contributed by atoms with E-state index < -0.39 is 0 Å². The first kappa shape index (κ1) is 10.3. The van der Waals surface area contributed by atoms with Crippen molar-refractivity contribution in [3.05, 3.63) is 43.0 Å². The van der Waals surface area contributed by atoms with E-state index in [-0.39, 0.29) is 0 Å². The molecule has 68 valence electrons. The van der Waals surface area contributed by atoms with Crippen LogP contribution >= 0.6 is 0 Å². The zero-order valence-electron chi connectivity index (χ0n) is 8.16. The molecule has 13 heavy (non-hydrogen) atoms. The summed E-state index contributed by atoms with van der Waals surface area (Å²) in [6.07, 6.45) is 3.30. The molecule has 0 amide bonds. The molecule has 0 N–H and O–H groups in total. The average molecular weight is 188 g/mol. The van der Waals surface area contributed by atoms with Crippen LogP contribution in [-0.4, -0.2) is 9.52 Å². The predicted octanol–water partition coefficient (Wildman–Crippen LogP) is 2.65. The Labute approximate surface area is 83.5 Å². The summed E-state index contributed by atoms with van der Waals surface area (Å²) in [5.41, 5.74) is 0. The third-order valence-corrected chi connectivity index (χ3v) is 3.39. The highest BCUT2D eigenvalue weighted by Crippen LogP contribution is 2.05. The van der Waals surface area contributed by atoms with Crippen molar-refractivity contribution in [3.8, 4) is 0 Å². The summed E-state index contributed by atoms with van der Waals surface area (Å²) in [5, 5.41) is 1.47. The van der Waals surface area contributed by atoms with Crippen molar-refractivity contribution in [2.45, 2.75) is 19.4 Å². The Morgan fingerprint density at radius 1 is 1.38 bits per heavy atom. The molecule has 1 aromatic carbocycles. The summed E-state index contributed by atoms with van der Waals surface area (Å²) in [4.78, 5) is 0. The van der Waals surface area contributed by atoms with E-state index in [4.69, 9.17) is 0 Å². The molecule has 0 bridgehead atoms. The summed E-state index contributed by atoms with van der Waals surface area (Å²) in [7, 11) is 0.953. The number of rotatable bonds is 5. The van der Waals surface area contributed by atoms with E-state index in [9.17, 15) is 0 Å². The van der Waals surface area contributed by atoms with Gasteiger partial charge in [0, 0.05) is 0 Å². The SMILES string of the molecule is C=CC(C)CC[Si]c1ccccc1. The third kappa shape index (κ3) is 4.09. The molecule has 0 fully saturated rings. The van der Waals surface area contributed by atoms with Crippen LogP contribution < -0.4 is 5.19 Å². The van der Waals surface area contributed by atoms with Crippen molar-refractivity contribution < 1.29 is 0 Å². The van der Waals surface area contributed by atoms with Gasteiger partial charge in [0.05, 0.1) is 9.52 Å². The Morgan fingerprint density at radius 3 is 2.69 bits per heavy atom. The van der Waals surface area contributed by atoms with Crippen LogP contribution in [0.25, 0.3) is 0 Å². The number of hydrogen-bond acceptors (Lipinski definition) is 0. The quantitative estimate of drug-likeness (QED) is 0.492. The standard InChI is InChI=1S/C12H16Si/c1-3-11(2)9-10-13-12-7-5-4-6-8-12/h3-8,11H,1,9-10H2,2H3. The minimum Gasteiger partial charge on any atom is -0.103 e. The Hall–Kier alpha value is -0.823. The van der Waals surface area contributed by atoms with Crippen molar-refractivity contribution >= 4 is 14.7 Å². The third-order valence-electron chi connectivity index (χ3n) is 2.10. The zero-order chi connectivity index (χ0) is 9.52. The number of allylic oxidation sites excluding steroid dienone is 1. The lowest BCUT2D eigenvalue weighted by Crippen LogP contribution is -2.13. The first-order valence-electron chi connectivity index (χ1n) is 4.74. The van der Waals surface area contributed by atoms with Gasteiger partial charge in [-0.25, -0.2) is 0 Å². The largest absolute Gasteiger partial charge is 0.103 e. The van der Waals surface area contributed by atoms with Gasteiger partial charge in [0.15, 0.2) is 0 Å². The number of hydrogen-bond donors (Lipinski definition) is 0. The summed E-state index contributed by atoms with van der Waals surface area (Å²) >= 11 is 0. The van der Waals surface area contributed by atoms with E-state index in [0.717, 1.165) is 9.52 Å². The maximum absolute atomic E-state index is 3.79. The molecule has 0 nitrogen and oxygen atoms in total. The van der Waals surface area contributed by atoms with Gasteiger partial charge >= 0.3 is 0 Å². The van der Waals surface area contributed by atoms with Crippen molar-refractivity contribution in [2.24, 2.45) is 5.92 Å². The average Bonchev–Trinajstić information content (AvgIpc) is 2.19. The highest BCUT2D eigenvalue weighted by Gasteiger charge is 1.97. The molecule has 0 aliphatic rings. The van der Waals surface area contributed by atoms with Crippen molar-refractivity contribution in [1.82, 2.24) is 0 Å². The first-order valence-corrected chi connectivity index (χ1v) is 5.95. The molecule has 1 atom stereocenters. The molecule has 1 unspecified atom stereocenters. The summed E-state index contributed by atoms with van der Waals surface area (Å²) in [6, 6.07) is 12.0. The lowest BCUT2D eigenvalue weighted by Gasteiger charge is -2.03. The Morgan fingerprint density at radius 2 is 2.08 bits per heavy atom. The van der Waals surface area contributed by atoms with Gasteiger partial charge in [0.2, 0.25) is 0 Å². The molecule has 0 saturated heterocycles. The highest BCUT2D eigenvalue weighted by molar-refractivity contribution is 6.53. The lowest BCUT2D eigenvalue weighted by atomic mass is 10.1. The van der Waals surface area contributed by atoms with Gasteiger partial charge in [-0.05, 0) is 12.3 Å². The molecule has 0 aliphatic carbocycles. The normalized spacial score (nSPS) is 12.4. The fourth-order valence-corrected chi connectivity index (χ4v) is 2.43. The second-order valence-corrected chi connectivity index (χ2v) is 4.73. The fraction of sp³-hybridized carbons (Fsp3) is 0.333. The fourth-order valence-electron chi connectivity index (χ4n) is 1.12. The van der Waals surface area contributed by atoms with Gasteiger partial charge in [-0.15, -0.1) is 6.58 Å². The van der Waals surface area contributed by atoms with Crippen molar-refractivity contribution in [2.75, 3.05) is 0 Å². The maximum Gasteiger partial charge on any atom is 0.0808 e. The van der Waals surface area contributed by atoms with Gasteiger partial charge < -0.3 is 0 Å². The van der Waals surface area contributed by atoms with E-state index in [1.54, 1.807) is 0 Å². The molecule has 1 aromatic rings. The van der Waals surface area contributed by atoms with Crippen LogP contribution in [0.5, 0.6) is 0 Å². The van der Waals surface area contributed by atoms with Gasteiger partial charge in [0.1, 0.15) is 0 Å². The monoisotopic (exact) mass is 188 g/mol. The van der Waals surface area contributed by atoms with Gasteiger partial charge in [-0.1, -0.05) is 54.6 Å². The molecule has 1 heteroatoms. The smallest absolute Gasteiger partial charge is 0.0808 e. The van der Waals surface area contributed by atoms with Crippen molar-refractivity contribution in [1.29, 1.82) is 0 Å². The minimum absolute atomic E-state index is 0.663. The zero-order valence-corrected chi connectivity index (χ0v) is 9.16. The van der Waals surface area contributed by atoms with Crippen LogP contribution in [-0.2, 0) is 0 Å². The van der Waals surface area contributed by atoms with E-state index >= 15 is 0 Å².